The molecule has 0 bridgehead atoms. The van der Waals surface area contributed by atoms with Crippen LogP contribution in [0.2, 0.25) is 0 Å². The van der Waals surface area contributed by atoms with Crippen LogP contribution in [-0.4, -0.2) is 23.4 Å². The molecule has 0 aromatic carbocycles. The second-order valence-electron chi connectivity index (χ2n) is 4.66. The lowest BCUT2D eigenvalue weighted by atomic mass is 9.94. The van der Waals surface area contributed by atoms with Gasteiger partial charge in [-0.1, -0.05) is 13.8 Å². The monoisotopic (exact) mass is 196 g/mol. The summed E-state index contributed by atoms with van der Waals surface area (Å²) in [6.45, 7) is 7.56. The van der Waals surface area contributed by atoms with Gasteiger partial charge in [-0.15, -0.1) is 0 Å². The Balaban J connectivity index is 2.13. The molecule has 0 radical (unpaired) electrons. The van der Waals surface area contributed by atoms with Crippen molar-refractivity contribution in [2.45, 2.75) is 26.6 Å². The Kier molecular flexibility index (Phi) is 2.12. The number of hydrogen-bond donors (Lipinski definition) is 1. The molecule has 1 aliphatic heterocycles. The van der Waals surface area contributed by atoms with Crippen LogP contribution in [0.25, 0.3) is 0 Å². The van der Waals surface area contributed by atoms with Crippen molar-refractivity contribution in [2.24, 2.45) is 5.41 Å². The van der Waals surface area contributed by atoms with E-state index in [-0.39, 0.29) is 5.41 Å². The van der Waals surface area contributed by atoms with Crippen molar-refractivity contribution in [1.82, 2.24) is 10.2 Å². The van der Waals surface area contributed by atoms with Gasteiger partial charge in [0.2, 0.25) is 5.79 Å². The summed E-state index contributed by atoms with van der Waals surface area (Å²) in [5, 5.41) is 6.77. The van der Waals surface area contributed by atoms with Gasteiger partial charge < -0.3 is 9.47 Å². The van der Waals surface area contributed by atoms with Crippen LogP contribution in [-0.2, 0) is 15.3 Å². The van der Waals surface area contributed by atoms with Crippen LogP contribution in [0, 0.1) is 5.41 Å². The molecule has 1 fully saturated rings. The molecule has 0 amide bonds. The SMILES string of the molecule is CC1(C)COC(C)(c2ccn[nH]2)OC1. The van der Waals surface area contributed by atoms with Gasteiger partial charge in [-0.25, -0.2) is 0 Å². The number of ether oxygens (including phenoxy) is 2. The van der Waals surface area contributed by atoms with E-state index >= 15 is 0 Å². The second-order valence-corrected chi connectivity index (χ2v) is 4.66. The number of nitrogens with zero attached hydrogens (tertiary/aromatic N) is 1. The second kappa shape index (κ2) is 3.07. The Labute approximate surface area is 83.6 Å². The van der Waals surface area contributed by atoms with Crippen molar-refractivity contribution in [2.75, 3.05) is 13.2 Å². The van der Waals surface area contributed by atoms with Gasteiger partial charge in [-0.05, 0) is 13.0 Å². The lowest BCUT2D eigenvalue weighted by molar-refractivity contribution is -0.299. The molecular formula is C10H16N2O2. The number of rotatable bonds is 1. The van der Waals surface area contributed by atoms with E-state index in [9.17, 15) is 0 Å². The summed E-state index contributed by atoms with van der Waals surface area (Å²) in [5.41, 5.74) is 0.965. The third-order valence-corrected chi connectivity index (χ3v) is 2.47. The summed E-state index contributed by atoms with van der Waals surface area (Å²) < 4.78 is 11.5. The first-order valence-electron chi connectivity index (χ1n) is 4.80. The Bertz CT molecular complexity index is 296. The molecule has 1 N–H and O–H groups in total. The Morgan fingerprint density at radius 2 is 1.93 bits per heavy atom. The van der Waals surface area contributed by atoms with Crippen molar-refractivity contribution in [1.29, 1.82) is 0 Å². The molecule has 1 aliphatic rings. The van der Waals surface area contributed by atoms with Gasteiger partial charge in [-0.2, -0.15) is 5.10 Å². The van der Waals surface area contributed by atoms with E-state index in [4.69, 9.17) is 9.47 Å². The van der Waals surface area contributed by atoms with Crippen LogP contribution >= 0.6 is 0 Å². The summed E-state index contributed by atoms with van der Waals surface area (Å²) >= 11 is 0. The summed E-state index contributed by atoms with van der Waals surface area (Å²) in [4.78, 5) is 0. The van der Waals surface area contributed by atoms with Crippen LogP contribution in [0.15, 0.2) is 12.3 Å². The molecule has 14 heavy (non-hydrogen) atoms. The minimum atomic E-state index is -0.661. The van der Waals surface area contributed by atoms with Gasteiger partial charge in [-0.3, -0.25) is 5.10 Å². The number of nitrogens with one attached hydrogen (secondary N) is 1. The molecule has 1 aromatic rings. The van der Waals surface area contributed by atoms with Gasteiger partial charge in [0, 0.05) is 11.6 Å². The maximum absolute atomic E-state index is 5.73. The molecule has 0 unspecified atom stereocenters. The highest BCUT2D eigenvalue weighted by atomic mass is 16.7. The first-order chi connectivity index (χ1) is 6.52. The lowest BCUT2D eigenvalue weighted by Gasteiger charge is -2.40. The third-order valence-electron chi connectivity index (χ3n) is 2.47. The summed E-state index contributed by atoms with van der Waals surface area (Å²) in [7, 11) is 0. The molecule has 0 atom stereocenters. The van der Waals surface area contributed by atoms with Gasteiger partial charge in [0.1, 0.15) is 0 Å². The summed E-state index contributed by atoms with van der Waals surface area (Å²) in [6.07, 6.45) is 1.70. The topological polar surface area (TPSA) is 47.1 Å². The number of aromatic amines is 1. The van der Waals surface area contributed by atoms with Gasteiger partial charge in [0.05, 0.1) is 18.9 Å². The van der Waals surface area contributed by atoms with E-state index in [1.54, 1.807) is 6.20 Å². The van der Waals surface area contributed by atoms with E-state index in [0.717, 1.165) is 5.69 Å². The largest absolute Gasteiger partial charge is 0.344 e. The predicted molar refractivity (Wildman–Crippen MR) is 51.6 cm³/mol. The zero-order valence-corrected chi connectivity index (χ0v) is 8.83. The number of hydrogen-bond acceptors (Lipinski definition) is 3. The molecule has 1 aromatic heterocycles. The van der Waals surface area contributed by atoms with Crippen LogP contribution in [0.5, 0.6) is 0 Å². The molecule has 4 nitrogen and oxygen atoms in total. The maximum Gasteiger partial charge on any atom is 0.208 e. The Hall–Kier alpha value is -0.870. The van der Waals surface area contributed by atoms with Crippen molar-refractivity contribution >= 4 is 0 Å². The highest BCUT2D eigenvalue weighted by molar-refractivity contribution is 5.06. The third kappa shape index (κ3) is 1.67. The number of H-pyrrole nitrogens is 1. The van der Waals surface area contributed by atoms with Crippen LogP contribution in [0.3, 0.4) is 0 Å². The van der Waals surface area contributed by atoms with E-state index in [1.165, 1.54) is 0 Å². The molecule has 2 heterocycles. The van der Waals surface area contributed by atoms with Crippen molar-refractivity contribution < 1.29 is 9.47 Å². The highest BCUT2D eigenvalue weighted by Crippen LogP contribution is 2.34. The van der Waals surface area contributed by atoms with Gasteiger partial charge in [0.15, 0.2) is 0 Å². The fraction of sp³-hybridized carbons (Fsp3) is 0.700. The average molecular weight is 196 g/mol. The quantitative estimate of drug-likeness (QED) is 0.743. The Morgan fingerprint density at radius 1 is 1.29 bits per heavy atom. The molecule has 0 saturated carbocycles. The van der Waals surface area contributed by atoms with E-state index in [2.05, 4.69) is 24.0 Å². The molecule has 0 spiro atoms. The molecule has 1 saturated heterocycles. The molecular weight excluding hydrogens is 180 g/mol. The first-order valence-corrected chi connectivity index (χ1v) is 4.80. The highest BCUT2D eigenvalue weighted by Gasteiger charge is 2.39. The van der Waals surface area contributed by atoms with Crippen LogP contribution in [0.1, 0.15) is 26.5 Å². The predicted octanol–water partition coefficient (Wildman–Crippen LogP) is 1.66. The maximum atomic E-state index is 5.73. The smallest absolute Gasteiger partial charge is 0.208 e. The molecule has 4 heteroatoms. The number of aromatic nitrogens is 2. The minimum absolute atomic E-state index is 0.0968. The fourth-order valence-corrected chi connectivity index (χ4v) is 1.41. The van der Waals surface area contributed by atoms with E-state index in [1.807, 2.05) is 13.0 Å². The van der Waals surface area contributed by atoms with Crippen molar-refractivity contribution in [3.8, 4) is 0 Å². The zero-order valence-electron chi connectivity index (χ0n) is 8.83. The average Bonchev–Trinajstić information content (AvgIpc) is 2.64. The molecule has 2 rings (SSSR count). The first kappa shape index (κ1) is 9.68. The Morgan fingerprint density at radius 3 is 2.43 bits per heavy atom. The van der Waals surface area contributed by atoms with Crippen LogP contribution in [0.4, 0.5) is 0 Å². The van der Waals surface area contributed by atoms with Gasteiger partial charge >= 0.3 is 0 Å². The zero-order chi connectivity index (χ0) is 10.2. The minimum Gasteiger partial charge on any atom is -0.344 e. The lowest BCUT2D eigenvalue weighted by Crippen LogP contribution is -2.43. The van der Waals surface area contributed by atoms with Crippen molar-refractivity contribution in [3.63, 3.8) is 0 Å². The standard InChI is InChI=1S/C10H16N2O2/c1-9(2)6-13-10(3,14-7-9)8-4-5-11-12-8/h4-5H,6-7H2,1-3H3,(H,11,12). The van der Waals surface area contributed by atoms with Crippen LogP contribution < -0.4 is 0 Å². The molecule has 0 aliphatic carbocycles. The van der Waals surface area contributed by atoms with E-state index in [0.29, 0.717) is 13.2 Å². The summed E-state index contributed by atoms with van der Waals surface area (Å²) in [6, 6.07) is 1.87. The fourth-order valence-electron chi connectivity index (χ4n) is 1.41. The molecule has 78 valence electrons. The van der Waals surface area contributed by atoms with Crippen molar-refractivity contribution in [3.05, 3.63) is 18.0 Å². The normalized spacial score (nSPS) is 24.8. The summed E-state index contributed by atoms with van der Waals surface area (Å²) in [5.74, 6) is -0.661. The van der Waals surface area contributed by atoms with Gasteiger partial charge in [0.25, 0.3) is 0 Å². The van der Waals surface area contributed by atoms with E-state index < -0.39 is 5.79 Å².